The van der Waals surface area contributed by atoms with Crippen LogP contribution >= 0.6 is 0 Å². The summed E-state index contributed by atoms with van der Waals surface area (Å²) in [7, 11) is 0. The monoisotopic (exact) mass is 368 g/mol. The van der Waals surface area contributed by atoms with E-state index in [9.17, 15) is 22.8 Å². The van der Waals surface area contributed by atoms with Gasteiger partial charge in [0.2, 0.25) is 17.8 Å². The molecule has 0 saturated carbocycles. The van der Waals surface area contributed by atoms with Crippen LogP contribution in [0.25, 0.3) is 0 Å². The maximum atomic E-state index is 12.9. The van der Waals surface area contributed by atoms with Crippen LogP contribution in [-0.4, -0.2) is 36.0 Å². The molecule has 0 atom stereocenters. The number of hydrogen-bond donors (Lipinski definition) is 1. The molecule has 1 fully saturated rings. The van der Waals surface area contributed by atoms with Gasteiger partial charge in [0, 0.05) is 5.69 Å². The summed E-state index contributed by atoms with van der Waals surface area (Å²) in [6.07, 6.45) is -3.68. The van der Waals surface area contributed by atoms with Crippen molar-refractivity contribution >= 4 is 23.5 Å². The van der Waals surface area contributed by atoms with Crippen LogP contribution in [0.1, 0.15) is 32.3 Å². The number of guanidine groups is 1. The number of benzene rings is 1. The molecule has 1 aromatic carbocycles. The number of rotatable bonds is 3. The van der Waals surface area contributed by atoms with Gasteiger partial charge >= 0.3 is 6.18 Å². The second-order valence-electron chi connectivity index (χ2n) is 6.33. The molecule has 9 heteroatoms. The van der Waals surface area contributed by atoms with Gasteiger partial charge in [0.1, 0.15) is 18.8 Å². The molecule has 140 valence electrons. The van der Waals surface area contributed by atoms with Gasteiger partial charge in [0.05, 0.1) is 5.56 Å². The van der Waals surface area contributed by atoms with E-state index in [1.54, 1.807) is 18.7 Å². The van der Waals surface area contributed by atoms with Crippen LogP contribution in [0, 0.1) is 5.41 Å². The lowest BCUT2D eigenvalue weighted by atomic mass is 9.78. The van der Waals surface area contributed by atoms with Crippen LogP contribution in [0.3, 0.4) is 0 Å². The molecule has 3 rings (SSSR count). The Kier molecular flexibility index (Phi) is 4.41. The first-order chi connectivity index (χ1) is 12.2. The van der Waals surface area contributed by atoms with Gasteiger partial charge in [-0.25, -0.2) is 4.99 Å². The Hall–Kier alpha value is -2.58. The van der Waals surface area contributed by atoms with Crippen LogP contribution in [0.4, 0.5) is 18.9 Å². The molecule has 0 radical (unpaired) electrons. The molecule has 2 aliphatic rings. The number of halogens is 3. The molecule has 1 saturated heterocycles. The van der Waals surface area contributed by atoms with E-state index in [0.717, 1.165) is 12.1 Å². The predicted molar refractivity (Wildman–Crippen MR) is 89.1 cm³/mol. The molecule has 1 N–H and O–H groups in total. The fourth-order valence-corrected chi connectivity index (χ4v) is 3.26. The number of carbonyl (C=O) groups is 2. The lowest BCUT2D eigenvalue weighted by Crippen LogP contribution is -2.67. The van der Waals surface area contributed by atoms with E-state index in [0.29, 0.717) is 18.5 Å². The molecule has 26 heavy (non-hydrogen) atoms. The van der Waals surface area contributed by atoms with Gasteiger partial charge in [-0.05, 0) is 37.1 Å². The maximum absolute atomic E-state index is 12.9. The van der Waals surface area contributed by atoms with E-state index in [4.69, 9.17) is 0 Å². The van der Waals surface area contributed by atoms with Gasteiger partial charge in [-0.15, -0.1) is 0 Å². The van der Waals surface area contributed by atoms with Gasteiger partial charge in [0.25, 0.3) is 0 Å². The highest BCUT2D eigenvalue weighted by Gasteiger charge is 2.51. The van der Waals surface area contributed by atoms with Crippen LogP contribution in [-0.2, 0) is 15.8 Å². The summed E-state index contributed by atoms with van der Waals surface area (Å²) in [5, 5.41) is 2.68. The first-order valence-corrected chi connectivity index (χ1v) is 8.33. The van der Waals surface area contributed by atoms with Gasteiger partial charge in [0.15, 0.2) is 0 Å². The number of fused-ring (bicyclic) bond motifs is 1. The summed E-state index contributed by atoms with van der Waals surface area (Å²) in [6, 6.07) is 4.69. The topological polar surface area (TPSA) is 65.0 Å². The summed E-state index contributed by atoms with van der Waals surface area (Å²) in [6.45, 7) is 3.81. The highest BCUT2D eigenvalue weighted by molar-refractivity contribution is 6.20. The number of amides is 2. The molecule has 0 spiro atoms. The van der Waals surface area contributed by atoms with Crippen molar-refractivity contribution in [1.82, 2.24) is 10.2 Å². The van der Waals surface area contributed by atoms with Crippen molar-refractivity contribution < 1.29 is 22.8 Å². The van der Waals surface area contributed by atoms with Crippen molar-refractivity contribution in [2.45, 2.75) is 32.9 Å². The third-order valence-electron chi connectivity index (χ3n) is 5.04. The summed E-state index contributed by atoms with van der Waals surface area (Å²) in [5.74, 6) is -0.493. The largest absolute Gasteiger partial charge is 0.416 e. The van der Waals surface area contributed by atoms with E-state index < -0.39 is 17.2 Å². The van der Waals surface area contributed by atoms with Gasteiger partial charge in [-0.3, -0.25) is 19.8 Å². The lowest BCUT2D eigenvalue weighted by Gasteiger charge is -2.44. The van der Waals surface area contributed by atoms with Crippen LogP contribution in [0.15, 0.2) is 29.3 Å². The fourth-order valence-electron chi connectivity index (χ4n) is 3.26. The molecule has 0 unspecified atom stereocenters. The summed E-state index contributed by atoms with van der Waals surface area (Å²) < 4.78 is 38.1. The molecule has 2 heterocycles. The number of carbonyl (C=O) groups excluding carboxylic acids is 2. The van der Waals surface area contributed by atoms with Crippen LogP contribution in [0.2, 0.25) is 0 Å². The fraction of sp³-hybridized carbons (Fsp3) is 0.471. The second-order valence-corrected chi connectivity index (χ2v) is 6.33. The van der Waals surface area contributed by atoms with Gasteiger partial charge in [-0.2, -0.15) is 13.2 Å². The number of hydrogen-bond acceptors (Lipinski definition) is 4. The zero-order chi connectivity index (χ0) is 19.1. The molecule has 2 amide bonds. The Morgan fingerprint density at radius 1 is 1.15 bits per heavy atom. The zero-order valence-electron chi connectivity index (χ0n) is 14.4. The highest BCUT2D eigenvalue weighted by Crippen LogP contribution is 2.34. The average molecular weight is 368 g/mol. The molecular formula is C17H19F3N4O2. The Labute approximate surface area is 148 Å². The zero-order valence-corrected chi connectivity index (χ0v) is 14.4. The normalized spacial score (nSPS) is 19.8. The Bertz CT molecular complexity index is 754. The molecular weight excluding hydrogens is 349 g/mol. The summed E-state index contributed by atoms with van der Waals surface area (Å²) in [5.41, 5.74) is -1.36. The SMILES string of the molecule is CCC1(CC)C(=O)NC2=NCN(c3ccc(C(F)(F)F)cc3)CN2C1=O. The third kappa shape index (κ3) is 2.81. The minimum atomic E-state index is -4.40. The van der Waals surface area contributed by atoms with Crippen molar-refractivity contribution in [3.05, 3.63) is 29.8 Å². The van der Waals surface area contributed by atoms with Crippen molar-refractivity contribution in [1.29, 1.82) is 0 Å². The number of aliphatic imine (C=N–C) groups is 1. The van der Waals surface area contributed by atoms with Gasteiger partial charge < -0.3 is 4.90 Å². The number of nitrogens with one attached hydrogen (secondary N) is 1. The predicted octanol–water partition coefficient (Wildman–Crippen LogP) is 2.56. The molecule has 0 bridgehead atoms. The van der Waals surface area contributed by atoms with E-state index in [1.807, 2.05) is 0 Å². The molecule has 0 aromatic heterocycles. The van der Waals surface area contributed by atoms with E-state index in [1.165, 1.54) is 17.0 Å². The van der Waals surface area contributed by atoms with Crippen molar-refractivity contribution in [2.75, 3.05) is 18.2 Å². The quantitative estimate of drug-likeness (QED) is 0.834. The number of nitrogens with zero attached hydrogens (tertiary/aromatic N) is 3. The second kappa shape index (κ2) is 6.30. The van der Waals surface area contributed by atoms with Gasteiger partial charge in [-0.1, -0.05) is 13.8 Å². The lowest BCUT2D eigenvalue weighted by molar-refractivity contribution is -0.151. The first kappa shape index (κ1) is 18.2. The standard InChI is InChI=1S/C17H19F3N4O2/c1-3-16(4-2)13(25)22-15-21-9-23(10-24(15)14(16)26)12-7-5-11(6-8-12)17(18,19)20/h5-8H,3-4,9-10H2,1-2H3,(H,21,22,25). The molecule has 1 aromatic rings. The van der Waals surface area contributed by atoms with Crippen LogP contribution < -0.4 is 10.2 Å². The minimum absolute atomic E-state index is 0.116. The highest BCUT2D eigenvalue weighted by atomic mass is 19.4. The minimum Gasteiger partial charge on any atom is -0.334 e. The Morgan fingerprint density at radius 2 is 1.77 bits per heavy atom. The van der Waals surface area contributed by atoms with Crippen molar-refractivity contribution in [3.63, 3.8) is 0 Å². The average Bonchev–Trinajstić information content (AvgIpc) is 2.62. The van der Waals surface area contributed by atoms with E-state index >= 15 is 0 Å². The third-order valence-corrected chi connectivity index (χ3v) is 5.04. The first-order valence-electron chi connectivity index (χ1n) is 8.33. The number of anilines is 1. The summed E-state index contributed by atoms with van der Waals surface area (Å²) >= 11 is 0. The Balaban J connectivity index is 1.86. The molecule has 2 aliphatic heterocycles. The Morgan fingerprint density at radius 3 is 2.31 bits per heavy atom. The van der Waals surface area contributed by atoms with Crippen molar-refractivity contribution in [2.24, 2.45) is 10.4 Å². The van der Waals surface area contributed by atoms with E-state index in [2.05, 4.69) is 10.3 Å². The van der Waals surface area contributed by atoms with Crippen molar-refractivity contribution in [3.8, 4) is 0 Å². The summed E-state index contributed by atoms with van der Waals surface area (Å²) in [4.78, 5) is 32.6. The maximum Gasteiger partial charge on any atom is 0.416 e. The molecule has 0 aliphatic carbocycles. The molecule has 6 nitrogen and oxygen atoms in total. The van der Waals surface area contributed by atoms with Crippen LogP contribution in [0.5, 0.6) is 0 Å². The smallest absolute Gasteiger partial charge is 0.334 e. The number of alkyl halides is 3. The van der Waals surface area contributed by atoms with E-state index in [-0.39, 0.29) is 31.1 Å².